The third-order valence-electron chi connectivity index (χ3n) is 1.90. The van der Waals surface area contributed by atoms with Gasteiger partial charge in [-0.1, -0.05) is 6.07 Å². The van der Waals surface area contributed by atoms with Crippen LogP contribution in [0.2, 0.25) is 0 Å². The van der Waals surface area contributed by atoms with E-state index in [1.807, 2.05) is 11.4 Å². The van der Waals surface area contributed by atoms with Gasteiger partial charge in [0, 0.05) is 11.4 Å². The normalized spacial score (nSPS) is 10.2. The highest BCUT2D eigenvalue weighted by Crippen LogP contribution is 2.09. The summed E-state index contributed by atoms with van der Waals surface area (Å²) in [6.07, 6.45) is 0.920. The van der Waals surface area contributed by atoms with Crippen LogP contribution in [0.5, 0.6) is 0 Å². The van der Waals surface area contributed by atoms with Crippen LogP contribution < -0.4 is 16.8 Å². The van der Waals surface area contributed by atoms with E-state index in [0.717, 1.165) is 13.0 Å². The standard InChI is InChI=1S/C9H12N6S/c10-7-13-8(11)15-9(14-7)12-4-3-6-2-1-5-16-6/h1-2,5H,3-4H2,(H5,10,11,12,13,14,15). The zero-order valence-electron chi connectivity index (χ0n) is 8.55. The second-order valence-corrected chi connectivity index (χ2v) is 4.16. The Labute approximate surface area is 96.7 Å². The van der Waals surface area contributed by atoms with Gasteiger partial charge in [-0.15, -0.1) is 11.3 Å². The molecule has 0 aliphatic carbocycles. The largest absolute Gasteiger partial charge is 0.368 e. The minimum atomic E-state index is 0.131. The molecule has 0 aromatic carbocycles. The molecule has 0 atom stereocenters. The van der Waals surface area contributed by atoms with E-state index in [0.29, 0.717) is 5.95 Å². The Balaban J connectivity index is 1.89. The predicted octanol–water partition coefficient (Wildman–Crippen LogP) is 0.752. The highest BCUT2D eigenvalue weighted by molar-refractivity contribution is 7.09. The Hall–Kier alpha value is -1.89. The van der Waals surface area contributed by atoms with E-state index in [9.17, 15) is 0 Å². The fourth-order valence-corrected chi connectivity index (χ4v) is 1.95. The Morgan fingerprint density at radius 2 is 1.94 bits per heavy atom. The Kier molecular flexibility index (Phi) is 3.16. The summed E-state index contributed by atoms with van der Waals surface area (Å²) in [6.45, 7) is 0.739. The van der Waals surface area contributed by atoms with Gasteiger partial charge in [0.1, 0.15) is 0 Å². The highest BCUT2D eigenvalue weighted by atomic mass is 32.1. The predicted molar refractivity (Wildman–Crippen MR) is 65.2 cm³/mol. The zero-order valence-corrected chi connectivity index (χ0v) is 9.37. The number of hydrogen-bond donors (Lipinski definition) is 3. The van der Waals surface area contributed by atoms with Gasteiger partial charge in [0.05, 0.1) is 0 Å². The topological polar surface area (TPSA) is 103 Å². The van der Waals surface area contributed by atoms with E-state index >= 15 is 0 Å². The number of nitrogens with zero attached hydrogens (tertiary/aromatic N) is 3. The highest BCUT2D eigenvalue weighted by Gasteiger charge is 2.01. The van der Waals surface area contributed by atoms with Gasteiger partial charge in [0.25, 0.3) is 0 Å². The molecule has 0 aliphatic heterocycles. The van der Waals surface area contributed by atoms with Crippen molar-refractivity contribution in [3.63, 3.8) is 0 Å². The number of thiophene rings is 1. The van der Waals surface area contributed by atoms with Crippen molar-refractivity contribution >= 4 is 29.2 Å². The molecule has 5 N–H and O–H groups in total. The number of nitrogen functional groups attached to an aromatic ring is 2. The van der Waals surface area contributed by atoms with Gasteiger partial charge in [-0.2, -0.15) is 15.0 Å². The molecule has 2 aromatic heterocycles. The van der Waals surface area contributed by atoms with E-state index in [1.54, 1.807) is 11.3 Å². The van der Waals surface area contributed by atoms with Crippen LogP contribution in [0.1, 0.15) is 4.88 Å². The van der Waals surface area contributed by atoms with E-state index in [-0.39, 0.29) is 11.9 Å². The van der Waals surface area contributed by atoms with Gasteiger partial charge >= 0.3 is 0 Å². The maximum absolute atomic E-state index is 5.45. The van der Waals surface area contributed by atoms with Crippen molar-refractivity contribution in [2.45, 2.75) is 6.42 Å². The molecule has 0 saturated carbocycles. The molecule has 16 heavy (non-hydrogen) atoms. The van der Waals surface area contributed by atoms with Crippen molar-refractivity contribution in [2.75, 3.05) is 23.3 Å². The molecule has 2 aromatic rings. The average molecular weight is 236 g/mol. The van der Waals surface area contributed by atoms with Crippen LogP contribution in [0.15, 0.2) is 17.5 Å². The van der Waals surface area contributed by atoms with Crippen LogP contribution in [0, 0.1) is 0 Å². The van der Waals surface area contributed by atoms with Crippen molar-refractivity contribution in [1.82, 2.24) is 15.0 Å². The molecule has 6 nitrogen and oxygen atoms in total. The number of rotatable bonds is 4. The molecular weight excluding hydrogens is 224 g/mol. The van der Waals surface area contributed by atoms with E-state index in [2.05, 4.69) is 26.3 Å². The molecule has 2 heterocycles. The Morgan fingerprint density at radius 1 is 1.19 bits per heavy atom. The quantitative estimate of drug-likeness (QED) is 0.724. The maximum Gasteiger partial charge on any atom is 0.229 e. The number of nitrogens with two attached hydrogens (primary N) is 2. The lowest BCUT2D eigenvalue weighted by molar-refractivity contribution is 0.985. The fraction of sp³-hybridized carbons (Fsp3) is 0.222. The minimum absolute atomic E-state index is 0.131. The van der Waals surface area contributed by atoms with Crippen molar-refractivity contribution in [1.29, 1.82) is 0 Å². The lowest BCUT2D eigenvalue weighted by atomic mass is 10.3. The summed E-state index contributed by atoms with van der Waals surface area (Å²) in [7, 11) is 0. The van der Waals surface area contributed by atoms with Gasteiger partial charge in [-0.05, 0) is 17.9 Å². The molecule has 0 amide bonds. The van der Waals surface area contributed by atoms with Gasteiger partial charge in [-0.3, -0.25) is 0 Å². The first-order chi connectivity index (χ1) is 7.74. The molecule has 0 unspecified atom stereocenters. The lowest BCUT2D eigenvalue weighted by Gasteiger charge is -2.04. The molecule has 0 radical (unpaired) electrons. The summed E-state index contributed by atoms with van der Waals surface area (Å²) in [4.78, 5) is 12.8. The number of anilines is 3. The third-order valence-corrected chi connectivity index (χ3v) is 2.84. The van der Waals surface area contributed by atoms with Gasteiger partial charge in [-0.25, -0.2) is 0 Å². The van der Waals surface area contributed by atoms with E-state index in [4.69, 9.17) is 11.5 Å². The summed E-state index contributed by atoms with van der Waals surface area (Å²) < 4.78 is 0. The monoisotopic (exact) mass is 236 g/mol. The minimum Gasteiger partial charge on any atom is -0.368 e. The molecule has 0 bridgehead atoms. The molecule has 0 fully saturated rings. The van der Waals surface area contributed by atoms with Crippen LogP contribution in [0.4, 0.5) is 17.8 Å². The van der Waals surface area contributed by atoms with Crippen LogP contribution >= 0.6 is 11.3 Å². The molecule has 0 aliphatic rings. The fourth-order valence-electron chi connectivity index (χ4n) is 1.24. The first-order valence-corrected chi connectivity index (χ1v) is 5.65. The number of hydrogen-bond acceptors (Lipinski definition) is 7. The summed E-state index contributed by atoms with van der Waals surface area (Å²) in [5.41, 5.74) is 10.9. The molecular formula is C9H12N6S. The lowest BCUT2D eigenvalue weighted by Crippen LogP contribution is -2.11. The van der Waals surface area contributed by atoms with Crippen LogP contribution in [-0.4, -0.2) is 21.5 Å². The van der Waals surface area contributed by atoms with Crippen molar-refractivity contribution in [2.24, 2.45) is 0 Å². The van der Waals surface area contributed by atoms with Gasteiger partial charge < -0.3 is 16.8 Å². The SMILES string of the molecule is Nc1nc(N)nc(NCCc2cccs2)n1. The molecule has 0 spiro atoms. The number of nitrogens with one attached hydrogen (secondary N) is 1. The second-order valence-electron chi connectivity index (χ2n) is 3.13. The zero-order chi connectivity index (χ0) is 11.4. The first-order valence-electron chi connectivity index (χ1n) is 4.77. The number of aromatic nitrogens is 3. The maximum atomic E-state index is 5.45. The smallest absolute Gasteiger partial charge is 0.229 e. The van der Waals surface area contributed by atoms with E-state index in [1.165, 1.54) is 4.88 Å². The Morgan fingerprint density at radius 3 is 2.56 bits per heavy atom. The first kappa shape index (κ1) is 10.6. The van der Waals surface area contributed by atoms with Crippen LogP contribution in [0.25, 0.3) is 0 Å². The van der Waals surface area contributed by atoms with Crippen LogP contribution in [0.3, 0.4) is 0 Å². The van der Waals surface area contributed by atoms with Gasteiger partial charge in [0.15, 0.2) is 0 Å². The Bertz CT molecular complexity index is 435. The molecule has 2 rings (SSSR count). The average Bonchev–Trinajstić information content (AvgIpc) is 2.69. The van der Waals surface area contributed by atoms with Crippen molar-refractivity contribution < 1.29 is 0 Å². The molecule has 7 heteroatoms. The summed E-state index contributed by atoms with van der Waals surface area (Å²) in [6, 6.07) is 4.11. The second kappa shape index (κ2) is 4.75. The molecule has 0 saturated heterocycles. The van der Waals surface area contributed by atoms with E-state index < -0.39 is 0 Å². The molecule has 84 valence electrons. The summed E-state index contributed by atoms with van der Waals surface area (Å²) >= 11 is 1.72. The third kappa shape index (κ3) is 2.80. The summed E-state index contributed by atoms with van der Waals surface area (Å²) in [5, 5.41) is 5.10. The summed E-state index contributed by atoms with van der Waals surface area (Å²) in [5.74, 6) is 0.679. The van der Waals surface area contributed by atoms with Crippen LogP contribution in [-0.2, 0) is 6.42 Å². The van der Waals surface area contributed by atoms with Gasteiger partial charge in [0.2, 0.25) is 17.8 Å². The van der Waals surface area contributed by atoms with Crippen molar-refractivity contribution in [3.8, 4) is 0 Å². The van der Waals surface area contributed by atoms with Crippen molar-refractivity contribution in [3.05, 3.63) is 22.4 Å².